The molecule has 0 aromatic heterocycles. The van der Waals surface area contributed by atoms with Crippen LogP contribution in [0.5, 0.6) is 0 Å². The molecule has 0 bridgehead atoms. The van der Waals surface area contributed by atoms with E-state index in [4.69, 9.17) is 5.73 Å². The zero-order chi connectivity index (χ0) is 32.5. The number of nitrogens with zero attached hydrogens (tertiary/aromatic N) is 2. The lowest BCUT2D eigenvalue weighted by Gasteiger charge is -2.37. The summed E-state index contributed by atoms with van der Waals surface area (Å²) in [6, 6.07) is 26.0. The number of hydrogen-bond acceptors (Lipinski definition) is 5. The van der Waals surface area contributed by atoms with Crippen LogP contribution in [0.2, 0.25) is 0 Å². The second kappa shape index (κ2) is 15.3. The number of likely N-dealkylation sites (tertiary alicyclic amines) is 1. The highest BCUT2D eigenvalue weighted by molar-refractivity contribution is 5.95. The van der Waals surface area contributed by atoms with Gasteiger partial charge >= 0.3 is 0 Å². The Hall–Kier alpha value is -4.27. The third-order valence-electron chi connectivity index (χ3n) is 9.41. The Kier molecular flexibility index (Phi) is 11.0. The number of benzene rings is 3. The smallest absolute Gasteiger partial charge is 0.245 e. The van der Waals surface area contributed by atoms with Crippen molar-refractivity contribution in [1.82, 2.24) is 15.1 Å². The molecule has 3 aromatic carbocycles. The topological polar surface area (TPSA) is 116 Å². The number of carbonyl (C=O) groups excluding carboxylic acids is 3. The quantitative estimate of drug-likeness (QED) is 0.261. The van der Waals surface area contributed by atoms with E-state index in [0.29, 0.717) is 38.8 Å². The molecule has 3 amide bonds. The molecule has 46 heavy (non-hydrogen) atoms. The van der Waals surface area contributed by atoms with Crippen molar-refractivity contribution in [2.45, 2.75) is 75.1 Å². The van der Waals surface area contributed by atoms with Gasteiger partial charge in [0.25, 0.3) is 0 Å². The summed E-state index contributed by atoms with van der Waals surface area (Å²) in [6.07, 6.45) is 8.06. The molecular weight excluding hydrogens is 576 g/mol. The summed E-state index contributed by atoms with van der Waals surface area (Å²) in [5.74, 6) is -0.862. The molecule has 242 valence electrons. The van der Waals surface area contributed by atoms with Gasteiger partial charge in [0.05, 0.1) is 6.10 Å². The first-order valence-corrected chi connectivity index (χ1v) is 16.4. The highest BCUT2D eigenvalue weighted by Gasteiger charge is 2.36. The van der Waals surface area contributed by atoms with Crippen LogP contribution in [0.3, 0.4) is 0 Å². The fraction of sp³-hybridized carbons (Fsp3) is 0.395. The van der Waals surface area contributed by atoms with Crippen molar-refractivity contribution < 1.29 is 19.5 Å². The van der Waals surface area contributed by atoms with E-state index in [0.717, 1.165) is 41.5 Å². The molecule has 5 rings (SSSR count). The third kappa shape index (κ3) is 8.71. The van der Waals surface area contributed by atoms with Gasteiger partial charge in [-0.15, -0.1) is 0 Å². The van der Waals surface area contributed by atoms with Gasteiger partial charge in [0, 0.05) is 38.5 Å². The van der Waals surface area contributed by atoms with E-state index in [1.165, 1.54) is 11.0 Å². The number of likely N-dealkylation sites (N-methyl/N-ethyl adjacent to an activating group) is 1. The monoisotopic (exact) mass is 622 g/mol. The molecule has 1 aliphatic carbocycles. The summed E-state index contributed by atoms with van der Waals surface area (Å²) in [6.45, 7) is 0.878. The van der Waals surface area contributed by atoms with Crippen LogP contribution < -0.4 is 11.1 Å². The summed E-state index contributed by atoms with van der Waals surface area (Å²) in [4.78, 5) is 44.6. The standard InChI is InChI=1S/C38H46N4O4/c1-41(34(27-28-10-4-2-5-11-28)37(46)42-24-19-32(43)20-25-42)36(45)33(40-35(44)14-8-21-38(39)22-9-23-38)26-29-15-17-31(18-16-29)30-12-6-3-7-13-30/h2-8,10-18,32-34,43H,9,19-27,39H2,1H3,(H,40,44)/b14-8+/t33-,34-/m1/s1. The number of nitrogens with two attached hydrogens (primary N) is 1. The fourth-order valence-electron chi connectivity index (χ4n) is 6.28. The van der Waals surface area contributed by atoms with E-state index >= 15 is 0 Å². The lowest BCUT2D eigenvalue weighted by molar-refractivity contribution is -0.147. The summed E-state index contributed by atoms with van der Waals surface area (Å²) in [5.41, 5.74) is 10.1. The van der Waals surface area contributed by atoms with Crippen molar-refractivity contribution in [2.75, 3.05) is 20.1 Å². The van der Waals surface area contributed by atoms with Crippen molar-refractivity contribution in [3.63, 3.8) is 0 Å². The summed E-state index contributed by atoms with van der Waals surface area (Å²) in [7, 11) is 1.65. The maximum Gasteiger partial charge on any atom is 0.245 e. The predicted molar refractivity (Wildman–Crippen MR) is 181 cm³/mol. The minimum Gasteiger partial charge on any atom is -0.393 e. The van der Waals surface area contributed by atoms with Crippen LogP contribution in [0.15, 0.2) is 97.1 Å². The minimum absolute atomic E-state index is 0.155. The normalized spacial score (nSPS) is 17.6. The van der Waals surface area contributed by atoms with Gasteiger partial charge in [-0.3, -0.25) is 14.4 Å². The zero-order valence-electron chi connectivity index (χ0n) is 26.7. The predicted octanol–water partition coefficient (Wildman–Crippen LogP) is 4.26. The maximum absolute atomic E-state index is 14.3. The largest absolute Gasteiger partial charge is 0.393 e. The minimum atomic E-state index is -0.894. The second-order valence-electron chi connectivity index (χ2n) is 12.9. The number of hydrogen-bond donors (Lipinski definition) is 3. The van der Waals surface area contributed by atoms with E-state index in [1.54, 1.807) is 18.0 Å². The molecule has 4 N–H and O–H groups in total. The molecule has 1 saturated carbocycles. The Morgan fingerprint density at radius 2 is 1.50 bits per heavy atom. The Morgan fingerprint density at radius 1 is 0.913 bits per heavy atom. The van der Waals surface area contributed by atoms with Crippen molar-refractivity contribution >= 4 is 17.7 Å². The number of nitrogens with one attached hydrogen (secondary N) is 1. The number of carbonyl (C=O) groups is 3. The molecule has 2 aliphatic rings. The Labute approximate surface area is 272 Å². The zero-order valence-corrected chi connectivity index (χ0v) is 26.7. The SMILES string of the molecule is CN(C(=O)[C@@H](Cc1ccc(-c2ccccc2)cc1)NC(=O)/C=C/CC1(N)CCC1)[C@H](Cc1ccccc1)C(=O)N1CCC(O)CC1. The maximum atomic E-state index is 14.3. The first-order chi connectivity index (χ1) is 22.2. The van der Waals surface area contributed by atoms with Gasteiger partial charge in [0.15, 0.2) is 0 Å². The number of amides is 3. The molecule has 1 aliphatic heterocycles. The third-order valence-corrected chi connectivity index (χ3v) is 9.41. The number of piperidine rings is 1. The molecule has 0 radical (unpaired) electrons. The van der Waals surface area contributed by atoms with Crippen LogP contribution in [-0.2, 0) is 27.2 Å². The van der Waals surface area contributed by atoms with Crippen LogP contribution in [0.1, 0.15) is 49.7 Å². The average molecular weight is 623 g/mol. The first-order valence-electron chi connectivity index (χ1n) is 16.4. The van der Waals surface area contributed by atoms with Crippen LogP contribution in [0.4, 0.5) is 0 Å². The van der Waals surface area contributed by atoms with Crippen LogP contribution in [0.25, 0.3) is 11.1 Å². The lowest BCUT2D eigenvalue weighted by atomic mass is 9.75. The first kappa shape index (κ1) is 33.1. The van der Waals surface area contributed by atoms with E-state index in [2.05, 4.69) is 5.32 Å². The molecule has 8 heteroatoms. The molecule has 2 atom stereocenters. The highest BCUT2D eigenvalue weighted by atomic mass is 16.3. The van der Waals surface area contributed by atoms with E-state index in [1.807, 2.05) is 84.9 Å². The molecule has 0 spiro atoms. The molecule has 2 fully saturated rings. The van der Waals surface area contributed by atoms with Gasteiger partial charge in [0.2, 0.25) is 17.7 Å². The fourth-order valence-corrected chi connectivity index (χ4v) is 6.28. The van der Waals surface area contributed by atoms with Crippen molar-refractivity contribution in [2.24, 2.45) is 5.73 Å². The Bertz CT molecular complexity index is 1480. The van der Waals surface area contributed by atoms with Gasteiger partial charge in [-0.05, 0) is 66.9 Å². The molecule has 3 aromatic rings. The van der Waals surface area contributed by atoms with Crippen LogP contribution in [0, 0.1) is 0 Å². The molecule has 0 unspecified atom stereocenters. The van der Waals surface area contributed by atoms with Crippen LogP contribution in [-0.4, -0.2) is 76.5 Å². The van der Waals surface area contributed by atoms with Crippen molar-refractivity contribution in [3.05, 3.63) is 108 Å². The van der Waals surface area contributed by atoms with E-state index in [9.17, 15) is 19.5 Å². The van der Waals surface area contributed by atoms with Crippen molar-refractivity contribution in [3.8, 4) is 11.1 Å². The average Bonchev–Trinajstić information content (AvgIpc) is 3.06. The Morgan fingerprint density at radius 3 is 2.11 bits per heavy atom. The summed E-state index contributed by atoms with van der Waals surface area (Å²) < 4.78 is 0. The van der Waals surface area contributed by atoms with Gasteiger partial charge in [-0.1, -0.05) is 91.0 Å². The number of aliphatic hydroxyl groups is 1. The molecule has 1 heterocycles. The van der Waals surface area contributed by atoms with Gasteiger partial charge in [-0.2, -0.15) is 0 Å². The van der Waals surface area contributed by atoms with Gasteiger partial charge < -0.3 is 26.0 Å². The number of aliphatic hydroxyl groups excluding tert-OH is 1. The van der Waals surface area contributed by atoms with E-state index < -0.39 is 18.2 Å². The van der Waals surface area contributed by atoms with Crippen molar-refractivity contribution in [1.29, 1.82) is 0 Å². The lowest BCUT2D eigenvalue weighted by Crippen LogP contribution is -2.57. The summed E-state index contributed by atoms with van der Waals surface area (Å²) in [5, 5.41) is 13.0. The Balaban J connectivity index is 1.37. The second-order valence-corrected chi connectivity index (χ2v) is 12.9. The van der Waals surface area contributed by atoms with Gasteiger partial charge in [0.1, 0.15) is 12.1 Å². The van der Waals surface area contributed by atoms with E-state index in [-0.39, 0.29) is 29.7 Å². The van der Waals surface area contributed by atoms with Crippen LogP contribution >= 0.6 is 0 Å². The van der Waals surface area contributed by atoms with Gasteiger partial charge in [-0.25, -0.2) is 0 Å². The summed E-state index contributed by atoms with van der Waals surface area (Å²) >= 11 is 0. The highest BCUT2D eigenvalue weighted by Crippen LogP contribution is 2.32. The number of rotatable bonds is 12. The molecule has 1 saturated heterocycles. The molecule has 8 nitrogen and oxygen atoms in total. The molecular formula is C38H46N4O4.